The summed E-state index contributed by atoms with van der Waals surface area (Å²) in [6.45, 7) is 0.265. The highest BCUT2D eigenvalue weighted by atomic mass is 35.5. The van der Waals surface area contributed by atoms with Gasteiger partial charge in [-0.1, -0.05) is 54.1 Å². The molecule has 0 saturated carbocycles. The summed E-state index contributed by atoms with van der Waals surface area (Å²) in [7, 11) is -3.43. The van der Waals surface area contributed by atoms with Crippen molar-refractivity contribution in [1.82, 2.24) is 10.2 Å². The number of nitrogens with zero attached hydrogens (tertiary/aromatic N) is 2. The molecule has 0 saturated heterocycles. The Hall–Kier alpha value is -2.90. The van der Waals surface area contributed by atoms with E-state index in [1.165, 1.54) is 0 Å². The molecule has 2 heterocycles. The van der Waals surface area contributed by atoms with Crippen molar-refractivity contribution < 1.29 is 13.2 Å². The zero-order valence-electron chi connectivity index (χ0n) is 15.3. The van der Waals surface area contributed by atoms with Crippen LogP contribution in [-0.2, 0) is 14.8 Å². The Balaban J connectivity index is 1.60. The minimum atomic E-state index is -3.43. The van der Waals surface area contributed by atoms with Crippen LogP contribution in [0.4, 0.5) is 0 Å². The first-order valence-electron chi connectivity index (χ1n) is 9.02. The number of carbonyl (C=O) groups is 1. The molecular weight excluding hydrogens is 410 g/mol. The Labute approximate surface area is 174 Å². The summed E-state index contributed by atoms with van der Waals surface area (Å²) >= 11 is 6.01. The number of amides is 1. The molecule has 1 amide bonds. The Morgan fingerprint density at radius 3 is 2.45 bits per heavy atom. The first-order chi connectivity index (χ1) is 13.9. The maximum absolute atomic E-state index is 13.0. The van der Waals surface area contributed by atoms with Crippen LogP contribution in [0.3, 0.4) is 0 Å². The average molecular weight is 428 g/mol. The van der Waals surface area contributed by atoms with Gasteiger partial charge in [0, 0.05) is 17.8 Å². The molecule has 2 aliphatic rings. The molecule has 0 spiro atoms. The second-order valence-corrected chi connectivity index (χ2v) is 8.91. The monoisotopic (exact) mass is 427 g/mol. The zero-order valence-corrected chi connectivity index (χ0v) is 16.9. The summed E-state index contributed by atoms with van der Waals surface area (Å²) in [5, 5.41) is 3.69. The van der Waals surface area contributed by atoms with Gasteiger partial charge in [0.2, 0.25) is 0 Å². The molecule has 1 N–H and O–H groups in total. The topological polar surface area (TPSA) is 78.8 Å². The third-order valence-corrected chi connectivity index (χ3v) is 6.11. The van der Waals surface area contributed by atoms with Crippen molar-refractivity contribution in [3.8, 4) is 0 Å². The molecule has 0 bridgehead atoms. The van der Waals surface area contributed by atoms with E-state index in [1.54, 1.807) is 35.4 Å². The van der Waals surface area contributed by atoms with Gasteiger partial charge in [-0.2, -0.15) is 0 Å². The third kappa shape index (κ3) is 4.41. The fraction of sp³-hybridized carbons (Fsp3) is 0.143. The van der Waals surface area contributed by atoms with Gasteiger partial charge in [-0.3, -0.25) is 4.79 Å². The maximum Gasteiger partial charge on any atom is 0.256 e. The van der Waals surface area contributed by atoms with E-state index >= 15 is 0 Å². The van der Waals surface area contributed by atoms with Crippen molar-refractivity contribution in [2.75, 3.05) is 12.3 Å². The van der Waals surface area contributed by atoms with Gasteiger partial charge in [-0.15, -0.1) is 4.40 Å². The van der Waals surface area contributed by atoms with Gasteiger partial charge in [0.05, 0.1) is 17.4 Å². The summed E-state index contributed by atoms with van der Waals surface area (Å²) < 4.78 is 27.0. The number of sulfonamides is 1. The van der Waals surface area contributed by atoms with Crippen LogP contribution in [0.15, 0.2) is 82.9 Å². The summed E-state index contributed by atoms with van der Waals surface area (Å²) in [5.74, 6) is -0.0182. The summed E-state index contributed by atoms with van der Waals surface area (Å²) in [5.41, 5.74) is 2.27. The molecule has 1 atom stereocenters. The van der Waals surface area contributed by atoms with Crippen LogP contribution >= 0.6 is 11.6 Å². The zero-order chi connectivity index (χ0) is 20.4. The van der Waals surface area contributed by atoms with E-state index in [4.69, 9.17) is 11.6 Å². The quantitative estimate of drug-likeness (QED) is 0.813. The third-order valence-electron chi connectivity index (χ3n) is 4.70. The number of hydrogen-bond acceptors (Lipinski definition) is 4. The molecule has 0 fully saturated rings. The van der Waals surface area contributed by atoms with Crippen molar-refractivity contribution in [1.29, 1.82) is 0 Å². The summed E-state index contributed by atoms with van der Waals surface area (Å²) in [6, 6.07) is 16.6. The van der Waals surface area contributed by atoms with Gasteiger partial charge in [-0.05, 0) is 35.4 Å². The highest BCUT2D eigenvalue weighted by Gasteiger charge is 2.26. The van der Waals surface area contributed by atoms with Crippen LogP contribution in [0.2, 0.25) is 5.02 Å². The average Bonchev–Trinajstić information content (AvgIpc) is 2.72. The predicted octanol–water partition coefficient (Wildman–Crippen LogP) is 3.04. The van der Waals surface area contributed by atoms with Crippen LogP contribution in [0.5, 0.6) is 0 Å². The van der Waals surface area contributed by atoms with Crippen LogP contribution in [0.1, 0.15) is 17.2 Å². The predicted molar refractivity (Wildman–Crippen MR) is 113 cm³/mol. The van der Waals surface area contributed by atoms with Crippen molar-refractivity contribution >= 4 is 33.4 Å². The minimum absolute atomic E-state index is 0.0762. The van der Waals surface area contributed by atoms with Gasteiger partial charge in [0.1, 0.15) is 5.84 Å². The fourth-order valence-corrected chi connectivity index (χ4v) is 4.30. The molecule has 8 heteroatoms. The lowest BCUT2D eigenvalue weighted by molar-refractivity contribution is -0.117. The van der Waals surface area contributed by atoms with E-state index in [0.29, 0.717) is 16.4 Å². The molecule has 2 aliphatic heterocycles. The molecule has 2 aromatic rings. The number of benzene rings is 2. The van der Waals surface area contributed by atoms with Crippen molar-refractivity contribution in [3.63, 3.8) is 0 Å². The molecule has 29 heavy (non-hydrogen) atoms. The molecule has 148 valence electrons. The van der Waals surface area contributed by atoms with E-state index < -0.39 is 10.0 Å². The molecule has 1 unspecified atom stereocenters. The van der Waals surface area contributed by atoms with Gasteiger partial charge in [0.15, 0.2) is 0 Å². The molecule has 0 aliphatic carbocycles. The van der Waals surface area contributed by atoms with Gasteiger partial charge in [0.25, 0.3) is 15.9 Å². The largest absolute Gasteiger partial charge is 0.341 e. The van der Waals surface area contributed by atoms with E-state index in [9.17, 15) is 13.2 Å². The maximum atomic E-state index is 13.0. The number of hydrogen-bond donors (Lipinski definition) is 1. The van der Waals surface area contributed by atoms with E-state index in [-0.39, 0.29) is 24.2 Å². The van der Waals surface area contributed by atoms with Crippen molar-refractivity contribution in [3.05, 3.63) is 94.7 Å². The number of halogens is 1. The highest BCUT2D eigenvalue weighted by molar-refractivity contribution is 7.90. The first-order valence-corrected chi connectivity index (χ1v) is 11.0. The molecular formula is C21H18ClN3O3S. The van der Waals surface area contributed by atoms with Crippen LogP contribution in [0, 0.1) is 0 Å². The second kappa shape index (κ2) is 7.85. The second-order valence-electron chi connectivity index (χ2n) is 6.72. The number of carbonyl (C=O) groups excluding carboxylic acids is 1. The standard InChI is InChI=1S/C21H18ClN3O3S/c22-18-9-6-16(7-10-18)20(15-4-2-1-3-5-15)23-21(26)17-8-11-19-24-29(27,28)13-12-25(19)14-17/h1-11,14,20H,12-13H2,(H,23,26). The van der Waals surface area contributed by atoms with Crippen molar-refractivity contribution in [2.45, 2.75) is 6.04 Å². The normalized spacial score (nSPS) is 18.3. The summed E-state index contributed by atoms with van der Waals surface area (Å²) in [6.07, 6.45) is 4.76. The molecule has 0 aromatic heterocycles. The van der Waals surface area contributed by atoms with Gasteiger partial charge < -0.3 is 10.2 Å². The molecule has 2 aromatic carbocycles. The lowest BCUT2D eigenvalue weighted by Crippen LogP contribution is -2.38. The lowest BCUT2D eigenvalue weighted by Gasteiger charge is -2.27. The smallest absolute Gasteiger partial charge is 0.256 e. The van der Waals surface area contributed by atoms with Crippen LogP contribution < -0.4 is 5.32 Å². The van der Waals surface area contributed by atoms with Crippen LogP contribution in [-0.4, -0.2) is 37.4 Å². The minimum Gasteiger partial charge on any atom is -0.341 e. The molecule has 4 rings (SSSR count). The number of amidine groups is 1. The highest BCUT2D eigenvalue weighted by Crippen LogP contribution is 2.25. The fourth-order valence-electron chi connectivity index (χ4n) is 3.21. The van der Waals surface area contributed by atoms with Crippen LogP contribution in [0.25, 0.3) is 0 Å². The summed E-state index contributed by atoms with van der Waals surface area (Å²) in [4.78, 5) is 14.7. The Morgan fingerprint density at radius 2 is 1.72 bits per heavy atom. The van der Waals surface area contributed by atoms with Gasteiger partial charge >= 0.3 is 0 Å². The number of rotatable bonds is 4. The number of nitrogens with one attached hydrogen (secondary N) is 1. The van der Waals surface area contributed by atoms with E-state index in [2.05, 4.69) is 9.71 Å². The van der Waals surface area contributed by atoms with E-state index in [0.717, 1.165) is 11.1 Å². The Morgan fingerprint density at radius 1 is 1.03 bits per heavy atom. The Bertz CT molecular complexity index is 1120. The SMILES string of the molecule is O=C(NC(c1ccccc1)c1ccc(Cl)cc1)C1=CN2CCS(=O)(=O)N=C2C=C1. The number of fused-ring (bicyclic) bond motifs is 1. The Kier molecular flexibility index (Phi) is 5.25. The molecule has 6 nitrogen and oxygen atoms in total. The van der Waals surface area contributed by atoms with E-state index in [1.807, 2.05) is 42.5 Å². The molecule has 0 radical (unpaired) electrons. The van der Waals surface area contributed by atoms with Gasteiger partial charge in [-0.25, -0.2) is 8.42 Å². The first kappa shape index (κ1) is 19.4. The lowest BCUT2D eigenvalue weighted by atomic mass is 9.98. The van der Waals surface area contributed by atoms with Crippen molar-refractivity contribution in [2.24, 2.45) is 4.40 Å².